The molecule has 1 saturated heterocycles. The molecule has 2 aromatic rings. The number of benzene rings is 2. The molecule has 5 atom stereocenters. The van der Waals surface area contributed by atoms with Gasteiger partial charge < -0.3 is 15.1 Å². The molecular formula is C30H38Cl2N2O5S. The first-order valence-electron chi connectivity index (χ1n) is 14.2. The van der Waals surface area contributed by atoms with E-state index in [0.717, 1.165) is 24.0 Å². The summed E-state index contributed by atoms with van der Waals surface area (Å²) in [4.78, 5) is 16.7. The van der Waals surface area contributed by atoms with E-state index >= 15 is 0 Å². The van der Waals surface area contributed by atoms with Crippen LogP contribution in [0.15, 0.2) is 48.5 Å². The molecule has 1 amide bonds. The van der Waals surface area contributed by atoms with Crippen molar-refractivity contribution in [2.75, 3.05) is 13.2 Å². The van der Waals surface area contributed by atoms with E-state index in [1.54, 1.807) is 0 Å². The zero-order valence-electron chi connectivity index (χ0n) is 22.7. The predicted molar refractivity (Wildman–Crippen MR) is 157 cm³/mol. The number of likely N-dealkylation sites (tertiary alicyclic amines) is 1. The molecule has 0 spiro atoms. The third-order valence-corrected chi connectivity index (χ3v) is 11.4. The lowest BCUT2D eigenvalue weighted by atomic mass is 9.64. The number of halogens is 2. The number of sulfonamides is 1. The van der Waals surface area contributed by atoms with Gasteiger partial charge in [-0.25, -0.2) is 13.1 Å². The average molecular weight is 610 g/mol. The summed E-state index contributed by atoms with van der Waals surface area (Å²) >= 11 is 12.7. The Kier molecular flexibility index (Phi) is 8.87. The average Bonchev–Trinajstić information content (AvgIpc) is 3.84. The second kappa shape index (κ2) is 11.9. The lowest BCUT2D eigenvalue weighted by Gasteiger charge is -2.53. The fourth-order valence-electron chi connectivity index (χ4n) is 6.46. The molecule has 1 aliphatic heterocycles. The molecule has 3 N–H and O–H groups in total. The first-order valence-corrected chi connectivity index (χ1v) is 16.5. The van der Waals surface area contributed by atoms with Crippen molar-refractivity contribution in [2.24, 2.45) is 11.3 Å². The summed E-state index contributed by atoms with van der Waals surface area (Å²) < 4.78 is 28.6. The van der Waals surface area contributed by atoms with Crippen LogP contribution in [0, 0.1) is 11.3 Å². The van der Waals surface area contributed by atoms with E-state index in [1.165, 1.54) is 0 Å². The molecule has 10 heteroatoms. The van der Waals surface area contributed by atoms with Crippen LogP contribution in [-0.2, 0) is 14.8 Å². The maximum atomic E-state index is 14.8. The van der Waals surface area contributed by atoms with Crippen molar-refractivity contribution < 1.29 is 23.4 Å². The predicted octanol–water partition coefficient (Wildman–Crippen LogP) is 5.05. The number of aliphatic hydroxyl groups excluding tert-OH is 2. The van der Waals surface area contributed by atoms with Gasteiger partial charge in [0.15, 0.2) is 0 Å². The Hall–Kier alpha value is -1.68. The maximum Gasteiger partial charge on any atom is 0.229 e. The molecule has 2 aliphatic carbocycles. The van der Waals surface area contributed by atoms with Crippen molar-refractivity contribution >= 4 is 39.1 Å². The molecule has 2 saturated carbocycles. The number of carbonyl (C=O) groups excluding carboxylic acids is 1. The fourth-order valence-corrected chi connectivity index (χ4v) is 8.18. The maximum absolute atomic E-state index is 14.8. The number of hydrogen-bond acceptors (Lipinski definition) is 5. The molecule has 2 aromatic carbocycles. The molecule has 0 radical (unpaired) electrons. The van der Waals surface area contributed by atoms with Crippen LogP contribution in [-0.4, -0.2) is 60.0 Å². The zero-order chi connectivity index (χ0) is 28.7. The van der Waals surface area contributed by atoms with Crippen molar-refractivity contribution in [3.63, 3.8) is 0 Å². The van der Waals surface area contributed by atoms with Gasteiger partial charge >= 0.3 is 0 Å². The normalized spacial score (nSPS) is 27.0. The highest BCUT2D eigenvalue weighted by Gasteiger charge is 2.55. The lowest BCUT2D eigenvalue weighted by Crippen LogP contribution is -2.60. The topological polar surface area (TPSA) is 107 Å². The van der Waals surface area contributed by atoms with Crippen LogP contribution in [0.4, 0.5) is 0 Å². The molecule has 2 unspecified atom stereocenters. The van der Waals surface area contributed by atoms with Crippen molar-refractivity contribution in [3.05, 3.63) is 69.7 Å². The third-order valence-electron chi connectivity index (χ3n) is 8.96. The molecule has 0 aromatic heterocycles. The van der Waals surface area contributed by atoms with E-state index < -0.39 is 34.2 Å². The van der Waals surface area contributed by atoms with Crippen LogP contribution >= 0.6 is 23.2 Å². The first kappa shape index (κ1) is 29.8. The third kappa shape index (κ3) is 6.22. The highest BCUT2D eigenvalue weighted by atomic mass is 35.5. The summed E-state index contributed by atoms with van der Waals surface area (Å²) in [5, 5.41) is 21.2. The summed E-state index contributed by atoms with van der Waals surface area (Å²) in [5.41, 5.74) is 0.931. The quantitative estimate of drug-likeness (QED) is 0.312. The second-order valence-electron chi connectivity index (χ2n) is 11.7. The summed E-state index contributed by atoms with van der Waals surface area (Å²) in [7, 11) is -3.46. The number of hydrogen-bond donors (Lipinski definition) is 3. The lowest BCUT2D eigenvalue weighted by molar-refractivity contribution is -0.160. The molecule has 3 fully saturated rings. The molecule has 218 valence electrons. The Balaban J connectivity index is 1.65. The monoisotopic (exact) mass is 608 g/mol. The minimum atomic E-state index is -3.46. The summed E-state index contributed by atoms with van der Waals surface area (Å²) in [6, 6.07) is 14.4. The SMILES string of the molecule is CC[C@]1(CC(O)CO)C[C@H](c2cccc(Cl)c2)C(c2ccc(Cl)cc2)N([C@H](CNS(=O)(=O)C2CC2)C2CC2)C1=O. The Morgan fingerprint density at radius 2 is 1.75 bits per heavy atom. The van der Waals surface area contributed by atoms with Crippen molar-refractivity contribution in [1.29, 1.82) is 0 Å². The van der Waals surface area contributed by atoms with Crippen LogP contribution in [0.5, 0.6) is 0 Å². The number of nitrogens with zero attached hydrogens (tertiary/aromatic N) is 1. The Bertz CT molecular complexity index is 1320. The summed E-state index contributed by atoms with van der Waals surface area (Å²) in [5.74, 6) is -0.135. The van der Waals surface area contributed by atoms with Gasteiger partial charge in [0, 0.05) is 28.5 Å². The number of aliphatic hydroxyl groups is 2. The largest absolute Gasteiger partial charge is 0.394 e. The minimum Gasteiger partial charge on any atom is -0.394 e. The van der Waals surface area contributed by atoms with E-state index in [4.69, 9.17) is 23.2 Å². The minimum absolute atomic E-state index is 0.108. The Morgan fingerprint density at radius 1 is 1.05 bits per heavy atom. The van der Waals surface area contributed by atoms with Crippen LogP contribution in [0.25, 0.3) is 0 Å². The van der Waals surface area contributed by atoms with Gasteiger partial charge in [0.1, 0.15) is 0 Å². The van der Waals surface area contributed by atoms with Crippen LogP contribution in [0.1, 0.15) is 75.0 Å². The van der Waals surface area contributed by atoms with Crippen molar-refractivity contribution in [1.82, 2.24) is 9.62 Å². The second-order valence-corrected chi connectivity index (χ2v) is 14.7. The number of nitrogens with one attached hydrogen (secondary N) is 1. The molecule has 5 rings (SSSR count). The van der Waals surface area contributed by atoms with Gasteiger partial charge in [0.2, 0.25) is 15.9 Å². The smallest absolute Gasteiger partial charge is 0.229 e. The molecule has 3 aliphatic rings. The van der Waals surface area contributed by atoms with Gasteiger partial charge in [-0.15, -0.1) is 0 Å². The zero-order valence-corrected chi connectivity index (χ0v) is 25.0. The van der Waals surface area contributed by atoms with E-state index in [9.17, 15) is 23.4 Å². The van der Waals surface area contributed by atoms with Gasteiger partial charge in [-0.2, -0.15) is 0 Å². The molecule has 7 nitrogen and oxygen atoms in total. The van der Waals surface area contributed by atoms with E-state index in [1.807, 2.05) is 60.4 Å². The molecule has 40 heavy (non-hydrogen) atoms. The number of amides is 1. The van der Waals surface area contributed by atoms with E-state index in [2.05, 4.69) is 4.72 Å². The first-order chi connectivity index (χ1) is 19.1. The fraction of sp³-hybridized carbons (Fsp3) is 0.567. The van der Waals surface area contributed by atoms with Crippen molar-refractivity contribution in [2.45, 2.75) is 81.2 Å². The number of carbonyl (C=O) groups is 1. The molecule has 1 heterocycles. The molecule has 0 bridgehead atoms. The van der Waals surface area contributed by atoms with E-state index in [-0.39, 0.29) is 42.0 Å². The molecular weight excluding hydrogens is 571 g/mol. The summed E-state index contributed by atoms with van der Waals surface area (Å²) in [6.45, 7) is 1.65. The van der Waals surface area contributed by atoms with Crippen LogP contribution < -0.4 is 4.72 Å². The standard InChI is InChI=1S/C30H38Cl2N2O5S/c1-2-30(15-24(36)18-35)16-26(21-4-3-5-23(32)14-21)28(20-8-10-22(31)11-9-20)34(29(30)37)27(19-6-7-19)17-33-40(38,39)25-12-13-25/h3-5,8-11,14,19,24-28,33,35-36H,2,6-7,12-13,15-18H2,1H3/t24?,26-,27-,28?,30+/m1/s1. The summed E-state index contributed by atoms with van der Waals surface area (Å²) in [6.07, 6.45) is 3.13. The Morgan fingerprint density at radius 3 is 2.33 bits per heavy atom. The van der Waals surface area contributed by atoms with Crippen molar-refractivity contribution in [3.8, 4) is 0 Å². The highest BCUT2D eigenvalue weighted by Crippen LogP contribution is 2.55. The van der Waals surface area contributed by atoms with Gasteiger partial charge in [0.25, 0.3) is 0 Å². The van der Waals surface area contributed by atoms with Gasteiger partial charge in [-0.05, 0) is 86.3 Å². The van der Waals surface area contributed by atoms with Gasteiger partial charge in [0.05, 0.1) is 29.4 Å². The van der Waals surface area contributed by atoms with Gasteiger partial charge in [-0.3, -0.25) is 4.79 Å². The van der Waals surface area contributed by atoms with Crippen LogP contribution in [0.3, 0.4) is 0 Å². The highest BCUT2D eigenvalue weighted by molar-refractivity contribution is 7.90. The number of piperidine rings is 1. The Labute approximate surface area is 246 Å². The number of rotatable bonds is 12. The van der Waals surface area contributed by atoms with E-state index in [0.29, 0.717) is 35.7 Å². The van der Waals surface area contributed by atoms with Crippen LogP contribution in [0.2, 0.25) is 10.0 Å². The van der Waals surface area contributed by atoms with Gasteiger partial charge in [-0.1, -0.05) is 54.4 Å².